The van der Waals surface area contributed by atoms with E-state index in [0.29, 0.717) is 24.3 Å². The summed E-state index contributed by atoms with van der Waals surface area (Å²) in [6.07, 6.45) is 0.365. The van der Waals surface area contributed by atoms with Crippen LogP contribution in [-0.2, 0) is 21.2 Å². The molecule has 0 bridgehead atoms. The lowest BCUT2D eigenvalue weighted by atomic mass is 10.1. The monoisotopic (exact) mass is 394 g/mol. The van der Waals surface area contributed by atoms with E-state index in [1.54, 1.807) is 30.3 Å². The standard InChI is InChI=1S/C19H23FN2O4S/c1-2-26-16-7-9-17(10-8-16)27(24,25)22-14-12-19(23)21-13-11-15-5-3-4-6-18(15)20/h3-10,22H,2,11-14H2,1H3,(H,21,23). The molecule has 0 radical (unpaired) electrons. The quantitative estimate of drug-likeness (QED) is 0.647. The lowest BCUT2D eigenvalue weighted by molar-refractivity contribution is -0.120. The first-order chi connectivity index (χ1) is 12.9. The van der Waals surface area contributed by atoms with Crippen LogP contribution in [0.1, 0.15) is 18.9 Å². The van der Waals surface area contributed by atoms with Gasteiger partial charge in [0.05, 0.1) is 11.5 Å². The van der Waals surface area contributed by atoms with Gasteiger partial charge in [-0.3, -0.25) is 4.79 Å². The zero-order chi connectivity index (χ0) is 19.7. The highest BCUT2D eigenvalue weighted by molar-refractivity contribution is 7.89. The van der Waals surface area contributed by atoms with Gasteiger partial charge in [0.15, 0.2) is 0 Å². The normalized spacial score (nSPS) is 11.2. The minimum Gasteiger partial charge on any atom is -0.494 e. The van der Waals surface area contributed by atoms with Gasteiger partial charge in [-0.1, -0.05) is 18.2 Å². The highest BCUT2D eigenvalue weighted by atomic mass is 32.2. The summed E-state index contributed by atoms with van der Waals surface area (Å²) in [5.41, 5.74) is 0.522. The molecule has 2 aromatic carbocycles. The summed E-state index contributed by atoms with van der Waals surface area (Å²) in [4.78, 5) is 11.9. The van der Waals surface area contributed by atoms with Gasteiger partial charge in [-0.25, -0.2) is 17.5 Å². The van der Waals surface area contributed by atoms with Gasteiger partial charge in [0.1, 0.15) is 11.6 Å². The van der Waals surface area contributed by atoms with E-state index >= 15 is 0 Å². The number of carbonyl (C=O) groups is 1. The van der Waals surface area contributed by atoms with Crippen LogP contribution in [-0.4, -0.2) is 34.0 Å². The number of hydrogen-bond donors (Lipinski definition) is 2. The van der Waals surface area contributed by atoms with E-state index in [9.17, 15) is 17.6 Å². The van der Waals surface area contributed by atoms with Crippen molar-refractivity contribution in [1.82, 2.24) is 10.0 Å². The first-order valence-electron chi connectivity index (χ1n) is 8.65. The van der Waals surface area contributed by atoms with Crippen molar-refractivity contribution in [3.63, 3.8) is 0 Å². The zero-order valence-electron chi connectivity index (χ0n) is 15.1. The maximum Gasteiger partial charge on any atom is 0.240 e. The van der Waals surface area contributed by atoms with Gasteiger partial charge in [-0.05, 0) is 49.2 Å². The van der Waals surface area contributed by atoms with E-state index in [0.717, 1.165) is 0 Å². The molecule has 0 aliphatic rings. The molecular formula is C19H23FN2O4S. The molecule has 0 saturated heterocycles. The van der Waals surface area contributed by atoms with Crippen LogP contribution < -0.4 is 14.8 Å². The van der Waals surface area contributed by atoms with E-state index in [2.05, 4.69) is 10.0 Å². The van der Waals surface area contributed by atoms with Gasteiger partial charge < -0.3 is 10.1 Å². The predicted octanol–water partition coefficient (Wildman–Crippen LogP) is 2.25. The highest BCUT2D eigenvalue weighted by Gasteiger charge is 2.14. The van der Waals surface area contributed by atoms with Crippen LogP contribution in [0.5, 0.6) is 5.75 Å². The second-order valence-electron chi connectivity index (χ2n) is 5.74. The number of ether oxygens (including phenoxy) is 1. The molecule has 0 heterocycles. The average Bonchev–Trinajstić information content (AvgIpc) is 2.64. The molecule has 0 unspecified atom stereocenters. The average molecular weight is 394 g/mol. The smallest absolute Gasteiger partial charge is 0.240 e. The van der Waals surface area contributed by atoms with Crippen LogP contribution in [0.25, 0.3) is 0 Å². The number of halogens is 1. The van der Waals surface area contributed by atoms with Crippen LogP contribution in [0.4, 0.5) is 4.39 Å². The summed E-state index contributed by atoms with van der Waals surface area (Å²) in [7, 11) is -3.69. The maximum absolute atomic E-state index is 13.5. The Morgan fingerprint density at radius 1 is 1.07 bits per heavy atom. The molecule has 27 heavy (non-hydrogen) atoms. The molecule has 0 aliphatic carbocycles. The van der Waals surface area contributed by atoms with Gasteiger partial charge >= 0.3 is 0 Å². The molecule has 146 valence electrons. The lowest BCUT2D eigenvalue weighted by Gasteiger charge is -2.09. The highest BCUT2D eigenvalue weighted by Crippen LogP contribution is 2.15. The van der Waals surface area contributed by atoms with Crippen molar-refractivity contribution in [3.05, 3.63) is 59.9 Å². The van der Waals surface area contributed by atoms with Crippen molar-refractivity contribution in [2.75, 3.05) is 19.7 Å². The van der Waals surface area contributed by atoms with E-state index in [-0.39, 0.29) is 36.1 Å². The second kappa shape index (κ2) is 10.0. The fourth-order valence-corrected chi connectivity index (χ4v) is 3.42. The summed E-state index contributed by atoms with van der Waals surface area (Å²) < 4.78 is 45.5. The summed E-state index contributed by atoms with van der Waals surface area (Å²) in [5.74, 6) is -0.0266. The Bertz CT molecular complexity index is 854. The fourth-order valence-electron chi connectivity index (χ4n) is 2.39. The van der Waals surface area contributed by atoms with Crippen molar-refractivity contribution in [1.29, 1.82) is 0 Å². The molecule has 0 aromatic heterocycles. The maximum atomic E-state index is 13.5. The topological polar surface area (TPSA) is 84.5 Å². The van der Waals surface area contributed by atoms with Crippen molar-refractivity contribution in [2.45, 2.75) is 24.7 Å². The minimum atomic E-state index is -3.69. The first kappa shape index (κ1) is 20.9. The van der Waals surface area contributed by atoms with Crippen molar-refractivity contribution in [2.24, 2.45) is 0 Å². The number of rotatable bonds is 10. The number of nitrogens with one attached hydrogen (secondary N) is 2. The van der Waals surface area contributed by atoms with Gasteiger partial charge in [-0.15, -0.1) is 0 Å². The largest absolute Gasteiger partial charge is 0.494 e. The summed E-state index contributed by atoms with van der Waals surface area (Å²) in [6.45, 7) is 2.59. The molecule has 8 heteroatoms. The third-order valence-corrected chi connectivity index (χ3v) is 5.24. The Balaban J connectivity index is 1.74. The third-order valence-electron chi connectivity index (χ3n) is 3.76. The van der Waals surface area contributed by atoms with Crippen molar-refractivity contribution < 1.29 is 22.3 Å². The van der Waals surface area contributed by atoms with E-state index in [1.165, 1.54) is 18.2 Å². The van der Waals surface area contributed by atoms with Crippen molar-refractivity contribution in [3.8, 4) is 5.75 Å². The number of amides is 1. The second-order valence-corrected chi connectivity index (χ2v) is 7.51. The zero-order valence-corrected chi connectivity index (χ0v) is 15.9. The molecule has 2 rings (SSSR count). The minimum absolute atomic E-state index is 0.00642. The lowest BCUT2D eigenvalue weighted by Crippen LogP contribution is -2.31. The molecule has 0 spiro atoms. The van der Waals surface area contributed by atoms with Crippen LogP contribution >= 0.6 is 0 Å². The third kappa shape index (κ3) is 6.65. The summed E-state index contributed by atoms with van der Waals surface area (Å²) >= 11 is 0. The van der Waals surface area contributed by atoms with E-state index in [1.807, 2.05) is 6.92 Å². The number of hydrogen-bond acceptors (Lipinski definition) is 4. The van der Waals surface area contributed by atoms with Gasteiger partial charge in [0.2, 0.25) is 15.9 Å². The van der Waals surface area contributed by atoms with Crippen LogP contribution in [0.2, 0.25) is 0 Å². The number of carbonyl (C=O) groups excluding carboxylic acids is 1. The van der Waals surface area contributed by atoms with Gasteiger partial charge in [0, 0.05) is 19.5 Å². The Kier molecular flexibility index (Phi) is 7.75. The molecular weight excluding hydrogens is 371 g/mol. The molecule has 0 atom stereocenters. The Labute approximate surface area is 158 Å². The first-order valence-corrected chi connectivity index (χ1v) is 10.1. The summed E-state index contributed by atoms with van der Waals surface area (Å²) in [5, 5.41) is 2.65. The molecule has 1 amide bonds. The molecule has 2 N–H and O–H groups in total. The molecule has 6 nitrogen and oxygen atoms in total. The summed E-state index contributed by atoms with van der Waals surface area (Å²) in [6, 6.07) is 12.4. The van der Waals surface area contributed by atoms with Crippen LogP contribution in [0.15, 0.2) is 53.4 Å². The van der Waals surface area contributed by atoms with E-state index in [4.69, 9.17) is 4.74 Å². The van der Waals surface area contributed by atoms with Crippen molar-refractivity contribution >= 4 is 15.9 Å². The molecule has 0 aliphatic heterocycles. The molecule has 2 aromatic rings. The Morgan fingerprint density at radius 2 is 1.78 bits per heavy atom. The van der Waals surface area contributed by atoms with Crippen LogP contribution in [0, 0.1) is 5.82 Å². The Hall–Kier alpha value is -2.45. The SMILES string of the molecule is CCOc1ccc(S(=O)(=O)NCCC(=O)NCCc2ccccc2F)cc1. The molecule has 0 saturated carbocycles. The van der Waals surface area contributed by atoms with Gasteiger partial charge in [0.25, 0.3) is 0 Å². The fraction of sp³-hybridized carbons (Fsp3) is 0.316. The van der Waals surface area contributed by atoms with E-state index < -0.39 is 10.0 Å². The number of sulfonamides is 1. The number of benzene rings is 2. The van der Waals surface area contributed by atoms with Crippen LogP contribution in [0.3, 0.4) is 0 Å². The van der Waals surface area contributed by atoms with Gasteiger partial charge in [-0.2, -0.15) is 0 Å². The Morgan fingerprint density at radius 3 is 2.44 bits per heavy atom. The molecule has 0 fully saturated rings. The predicted molar refractivity (Wildman–Crippen MR) is 101 cm³/mol.